The van der Waals surface area contributed by atoms with E-state index in [1.165, 1.54) is 37.6 Å². The lowest BCUT2D eigenvalue weighted by Gasteiger charge is -2.16. The maximum atomic E-state index is 13.9. The van der Waals surface area contributed by atoms with Crippen molar-refractivity contribution in [1.82, 2.24) is 4.98 Å². The number of amides is 1. The number of halogens is 4. The van der Waals surface area contributed by atoms with Gasteiger partial charge in [-0.25, -0.2) is 14.2 Å². The van der Waals surface area contributed by atoms with E-state index >= 15 is 0 Å². The molecule has 0 spiro atoms. The Morgan fingerprint density at radius 2 is 1.81 bits per heavy atom. The average Bonchev–Trinajstić information content (AvgIpc) is 2.73. The highest BCUT2D eigenvalue weighted by Gasteiger charge is 2.32. The Kier molecular flexibility index (Phi) is 6.28. The molecule has 0 fully saturated rings. The number of benzene rings is 2. The van der Waals surface area contributed by atoms with Crippen molar-refractivity contribution in [2.24, 2.45) is 0 Å². The molecule has 1 aromatic heterocycles. The van der Waals surface area contributed by atoms with Crippen molar-refractivity contribution in [3.05, 3.63) is 77.4 Å². The summed E-state index contributed by atoms with van der Waals surface area (Å²) in [5.41, 5.74) is -2.48. The molecule has 2 aromatic carbocycles. The Labute approximate surface area is 178 Å². The van der Waals surface area contributed by atoms with Crippen molar-refractivity contribution >= 4 is 17.6 Å². The molecule has 32 heavy (non-hydrogen) atoms. The summed E-state index contributed by atoms with van der Waals surface area (Å²) in [7, 11) is 1.17. The minimum Gasteiger partial charge on any atom is -0.490 e. The molecule has 166 valence electrons. The minimum atomic E-state index is -4.77. The molecule has 11 heteroatoms. The SMILES string of the molecule is COc1c(F)cccc1Oc1ccc(C(F)(F)F)cc1C(=O)Nc1cccnc1C(=O)O. The number of ether oxygens (including phenoxy) is 2. The Bertz CT molecular complexity index is 1180. The van der Waals surface area contributed by atoms with Crippen molar-refractivity contribution in [2.45, 2.75) is 6.18 Å². The summed E-state index contributed by atoms with van der Waals surface area (Å²) >= 11 is 0. The first-order valence-electron chi connectivity index (χ1n) is 8.83. The van der Waals surface area contributed by atoms with Gasteiger partial charge < -0.3 is 19.9 Å². The molecule has 0 aliphatic carbocycles. The number of alkyl halides is 3. The molecule has 0 unspecified atom stereocenters. The first-order valence-corrected chi connectivity index (χ1v) is 8.83. The number of anilines is 1. The van der Waals surface area contributed by atoms with E-state index in [-0.39, 0.29) is 22.9 Å². The van der Waals surface area contributed by atoms with Crippen molar-refractivity contribution in [1.29, 1.82) is 0 Å². The van der Waals surface area contributed by atoms with Crippen LogP contribution >= 0.6 is 0 Å². The molecule has 7 nitrogen and oxygen atoms in total. The topological polar surface area (TPSA) is 97.8 Å². The highest BCUT2D eigenvalue weighted by Crippen LogP contribution is 2.38. The van der Waals surface area contributed by atoms with Crippen LogP contribution in [-0.4, -0.2) is 29.1 Å². The summed E-state index contributed by atoms with van der Waals surface area (Å²) in [6, 6.07) is 8.33. The number of carbonyl (C=O) groups is 2. The van der Waals surface area contributed by atoms with Gasteiger partial charge in [0.2, 0.25) is 0 Å². The van der Waals surface area contributed by atoms with Crippen molar-refractivity contribution in [3.8, 4) is 17.2 Å². The molecule has 1 amide bonds. The normalized spacial score (nSPS) is 11.0. The van der Waals surface area contributed by atoms with Crippen LogP contribution in [0.15, 0.2) is 54.7 Å². The quantitative estimate of drug-likeness (QED) is 0.514. The second-order valence-corrected chi connectivity index (χ2v) is 6.24. The maximum absolute atomic E-state index is 13.9. The molecule has 0 aliphatic heterocycles. The standard InChI is InChI=1S/C21H14F4N2O5/c1-31-18-13(22)4-2-6-16(18)32-15-8-7-11(21(23,24)25)10-12(15)19(28)27-14-5-3-9-26-17(14)20(29)30/h2-10H,1H3,(H,27,28)(H,29,30). The van der Waals surface area contributed by atoms with Crippen molar-refractivity contribution in [3.63, 3.8) is 0 Å². The zero-order chi connectivity index (χ0) is 23.5. The number of nitrogens with zero attached hydrogens (tertiary/aromatic N) is 1. The molecule has 2 N–H and O–H groups in total. The fourth-order valence-corrected chi connectivity index (χ4v) is 2.72. The number of aromatic nitrogens is 1. The Hall–Kier alpha value is -4.15. The third kappa shape index (κ3) is 4.77. The highest BCUT2D eigenvalue weighted by atomic mass is 19.4. The lowest BCUT2D eigenvalue weighted by Crippen LogP contribution is -2.17. The number of methoxy groups -OCH3 is 1. The largest absolute Gasteiger partial charge is 0.490 e. The molecule has 0 saturated heterocycles. The van der Waals surface area contributed by atoms with Crippen LogP contribution in [-0.2, 0) is 6.18 Å². The maximum Gasteiger partial charge on any atom is 0.416 e. The van der Waals surface area contributed by atoms with Gasteiger partial charge in [-0.1, -0.05) is 6.07 Å². The molecule has 0 aliphatic rings. The van der Waals surface area contributed by atoms with E-state index in [1.54, 1.807) is 0 Å². The molecule has 1 heterocycles. The van der Waals surface area contributed by atoms with E-state index in [1.807, 2.05) is 0 Å². The van der Waals surface area contributed by atoms with Crippen molar-refractivity contribution < 1.29 is 41.7 Å². The van der Waals surface area contributed by atoms with Gasteiger partial charge in [0.25, 0.3) is 5.91 Å². The minimum absolute atomic E-state index is 0.186. The Morgan fingerprint density at radius 3 is 2.47 bits per heavy atom. The van der Waals surface area contributed by atoms with E-state index in [4.69, 9.17) is 9.47 Å². The number of carboxylic acid groups (broad SMARTS) is 1. The number of hydrogen-bond donors (Lipinski definition) is 2. The van der Waals surface area contributed by atoms with Crippen molar-refractivity contribution in [2.75, 3.05) is 12.4 Å². The zero-order valence-electron chi connectivity index (χ0n) is 16.2. The molecule has 3 rings (SSSR count). The van der Waals surface area contributed by atoms with Gasteiger partial charge in [0.15, 0.2) is 23.0 Å². The van der Waals surface area contributed by atoms with Crippen LogP contribution in [0.4, 0.5) is 23.2 Å². The van der Waals surface area contributed by atoms with E-state index < -0.39 is 40.7 Å². The number of nitrogens with one attached hydrogen (secondary N) is 1. The van der Waals surface area contributed by atoms with Gasteiger partial charge in [-0.3, -0.25) is 4.79 Å². The zero-order valence-corrected chi connectivity index (χ0v) is 16.2. The predicted octanol–water partition coefficient (Wildman–Crippen LogP) is 4.99. The van der Waals surface area contributed by atoms with Gasteiger partial charge >= 0.3 is 12.1 Å². The number of aromatic carboxylic acids is 1. The molecule has 0 bridgehead atoms. The summed E-state index contributed by atoms with van der Waals surface area (Å²) < 4.78 is 64.0. The summed E-state index contributed by atoms with van der Waals surface area (Å²) in [6.07, 6.45) is -3.60. The third-order valence-corrected chi connectivity index (χ3v) is 4.16. The van der Waals surface area contributed by atoms with Gasteiger partial charge in [0.05, 0.1) is 23.9 Å². The average molecular weight is 450 g/mol. The Balaban J connectivity index is 2.06. The fraction of sp³-hybridized carbons (Fsp3) is 0.0952. The summed E-state index contributed by atoms with van der Waals surface area (Å²) in [6.45, 7) is 0. The Morgan fingerprint density at radius 1 is 1.06 bits per heavy atom. The van der Waals surface area contributed by atoms with E-state index in [0.717, 1.165) is 12.1 Å². The van der Waals surface area contributed by atoms with Crippen LogP contribution in [0.1, 0.15) is 26.4 Å². The van der Waals surface area contributed by atoms with Gasteiger partial charge in [0.1, 0.15) is 5.75 Å². The summed E-state index contributed by atoms with van der Waals surface area (Å²) in [5.74, 6) is -4.19. The molecular formula is C21H14F4N2O5. The summed E-state index contributed by atoms with van der Waals surface area (Å²) in [5, 5.41) is 11.4. The number of carbonyl (C=O) groups excluding carboxylic acids is 1. The van der Waals surface area contributed by atoms with Gasteiger partial charge in [-0.15, -0.1) is 0 Å². The molecule has 0 atom stereocenters. The monoisotopic (exact) mass is 450 g/mol. The highest BCUT2D eigenvalue weighted by molar-refractivity contribution is 6.08. The molecule has 3 aromatic rings. The molecule has 0 saturated carbocycles. The van der Waals surface area contributed by atoms with Crippen LogP contribution in [0.3, 0.4) is 0 Å². The van der Waals surface area contributed by atoms with Crippen LogP contribution in [0.2, 0.25) is 0 Å². The third-order valence-electron chi connectivity index (χ3n) is 4.16. The lowest BCUT2D eigenvalue weighted by atomic mass is 10.1. The molecule has 0 radical (unpaired) electrons. The number of hydrogen-bond acceptors (Lipinski definition) is 5. The lowest BCUT2D eigenvalue weighted by molar-refractivity contribution is -0.137. The molecular weight excluding hydrogens is 436 g/mol. The number of carboxylic acids is 1. The van der Waals surface area contributed by atoms with Crippen LogP contribution in [0.5, 0.6) is 17.2 Å². The second-order valence-electron chi connectivity index (χ2n) is 6.24. The predicted molar refractivity (Wildman–Crippen MR) is 104 cm³/mol. The smallest absolute Gasteiger partial charge is 0.416 e. The number of para-hydroxylation sites is 1. The first kappa shape index (κ1) is 22.5. The second kappa shape index (κ2) is 8.92. The van der Waals surface area contributed by atoms with Gasteiger partial charge in [-0.05, 0) is 42.5 Å². The van der Waals surface area contributed by atoms with Crippen LogP contribution in [0, 0.1) is 5.82 Å². The van der Waals surface area contributed by atoms with Crippen LogP contribution < -0.4 is 14.8 Å². The van der Waals surface area contributed by atoms with E-state index in [9.17, 15) is 32.3 Å². The fourth-order valence-electron chi connectivity index (χ4n) is 2.72. The van der Waals surface area contributed by atoms with Crippen LogP contribution in [0.25, 0.3) is 0 Å². The van der Waals surface area contributed by atoms with Gasteiger partial charge in [0, 0.05) is 6.20 Å². The first-order chi connectivity index (χ1) is 15.1. The van der Waals surface area contributed by atoms with Gasteiger partial charge in [-0.2, -0.15) is 13.2 Å². The summed E-state index contributed by atoms with van der Waals surface area (Å²) in [4.78, 5) is 27.7. The number of rotatable bonds is 6. The van der Waals surface area contributed by atoms with E-state index in [2.05, 4.69) is 10.3 Å². The van der Waals surface area contributed by atoms with E-state index in [0.29, 0.717) is 12.1 Å². The number of pyridine rings is 1.